The molecule has 0 spiro atoms. The summed E-state index contributed by atoms with van der Waals surface area (Å²) in [5, 5.41) is 5.93. The summed E-state index contributed by atoms with van der Waals surface area (Å²) in [6.07, 6.45) is 7.05. The minimum absolute atomic E-state index is 0.130. The highest BCUT2D eigenvalue weighted by Crippen LogP contribution is 2.65. The Kier molecular flexibility index (Phi) is 2.66. The van der Waals surface area contributed by atoms with Gasteiger partial charge in [0.2, 0.25) is 0 Å². The van der Waals surface area contributed by atoms with E-state index in [0.717, 1.165) is 10.6 Å². The van der Waals surface area contributed by atoms with Crippen LogP contribution in [0.2, 0.25) is 5.02 Å². The molecule has 5 heteroatoms. The van der Waals surface area contributed by atoms with E-state index < -0.39 is 0 Å². The van der Waals surface area contributed by atoms with Gasteiger partial charge in [-0.05, 0) is 47.8 Å². The fourth-order valence-electron chi connectivity index (χ4n) is 4.73. The van der Waals surface area contributed by atoms with E-state index in [4.69, 9.17) is 11.6 Å². The number of imide groups is 1. The van der Waals surface area contributed by atoms with Crippen molar-refractivity contribution in [2.24, 2.45) is 40.6 Å². The van der Waals surface area contributed by atoms with Crippen LogP contribution in [-0.2, 0) is 9.59 Å². The molecule has 1 aromatic carbocycles. The number of nitrogens with zero attached hydrogens (tertiary/aromatic N) is 2. The van der Waals surface area contributed by atoms with Crippen LogP contribution in [0.15, 0.2) is 41.5 Å². The van der Waals surface area contributed by atoms with Crippen molar-refractivity contribution >= 4 is 29.6 Å². The SMILES string of the molecule is O=C1C2C3C=CC(C4CC34)C2C(=O)N1N=Cc1ccc(Cl)cc1. The lowest BCUT2D eigenvalue weighted by atomic mass is 9.63. The van der Waals surface area contributed by atoms with Gasteiger partial charge in [-0.25, -0.2) is 0 Å². The molecule has 4 nitrogen and oxygen atoms in total. The Morgan fingerprint density at radius 2 is 1.57 bits per heavy atom. The van der Waals surface area contributed by atoms with Gasteiger partial charge in [0.1, 0.15) is 0 Å². The van der Waals surface area contributed by atoms with Gasteiger partial charge in [-0.2, -0.15) is 10.1 Å². The molecule has 0 aromatic heterocycles. The van der Waals surface area contributed by atoms with Gasteiger partial charge in [0, 0.05) is 5.02 Å². The number of hydrogen-bond acceptors (Lipinski definition) is 3. The average Bonchev–Trinajstić information content (AvgIpc) is 3.33. The Morgan fingerprint density at radius 3 is 2.13 bits per heavy atom. The summed E-state index contributed by atoms with van der Waals surface area (Å²) in [6, 6.07) is 7.14. The number of allylic oxidation sites excluding steroid dienone is 2. The smallest absolute Gasteiger partial charge is 0.254 e. The third-order valence-corrected chi connectivity index (χ3v) is 6.08. The molecule has 116 valence electrons. The molecule has 1 saturated heterocycles. The third-order valence-electron chi connectivity index (χ3n) is 5.83. The van der Waals surface area contributed by atoms with Crippen molar-refractivity contribution in [1.82, 2.24) is 5.01 Å². The number of hydrogen-bond donors (Lipinski definition) is 0. The van der Waals surface area contributed by atoms with Gasteiger partial charge in [0.15, 0.2) is 0 Å². The van der Waals surface area contributed by atoms with Crippen LogP contribution in [0.25, 0.3) is 0 Å². The monoisotopic (exact) mass is 326 g/mol. The largest absolute Gasteiger partial charge is 0.272 e. The molecule has 6 rings (SSSR count). The average molecular weight is 327 g/mol. The van der Waals surface area contributed by atoms with Crippen LogP contribution in [0.4, 0.5) is 0 Å². The standard InChI is InChI=1S/C18H15ClN2O2/c19-10-3-1-9(2-4-10)8-20-21-17(22)15-11-5-6-12(14-7-13(11)14)16(15)18(21)23/h1-6,8,11-16H,7H2. The molecule has 6 atom stereocenters. The molecule has 1 heterocycles. The summed E-state index contributed by atoms with van der Waals surface area (Å²) in [6.45, 7) is 0. The highest BCUT2D eigenvalue weighted by Gasteiger charge is 2.67. The number of hydrazone groups is 1. The Morgan fingerprint density at radius 1 is 1.00 bits per heavy atom. The fraction of sp³-hybridized carbons (Fsp3) is 0.389. The second-order valence-corrected chi connectivity index (χ2v) is 7.38. The van der Waals surface area contributed by atoms with Crippen molar-refractivity contribution in [2.75, 3.05) is 0 Å². The molecule has 0 radical (unpaired) electrons. The van der Waals surface area contributed by atoms with E-state index in [9.17, 15) is 9.59 Å². The van der Waals surface area contributed by atoms with Crippen LogP contribution in [0.1, 0.15) is 12.0 Å². The first kappa shape index (κ1) is 13.5. The third kappa shape index (κ3) is 1.81. The van der Waals surface area contributed by atoms with Crippen LogP contribution in [0.5, 0.6) is 0 Å². The molecule has 23 heavy (non-hydrogen) atoms. The first-order valence-corrected chi connectivity index (χ1v) is 8.38. The van der Waals surface area contributed by atoms with Crippen LogP contribution in [0, 0.1) is 35.5 Å². The van der Waals surface area contributed by atoms with Gasteiger partial charge in [0.25, 0.3) is 11.8 Å². The van der Waals surface area contributed by atoms with Gasteiger partial charge >= 0.3 is 0 Å². The van der Waals surface area contributed by atoms with Gasteiger partial charge in [-0.15, -0.1) is 0 Å². The molecule has 1 aromatic rings. The van der Waals surface area contributed by atoms with E-state index in [1.165, 1.54) is 6.42 Å². The number of amides is 2. The number of carbonyl (C=O) groups excluding carboxylic acids is 2. The van der Waals surface area contributed by atoms with Crippen molar-refractivity contribution in [3.8, 4) is 0 Å². The van der Waals surface area contributed by atoms with Crippen LogP contribution in [-0.4, -0.2) is 23.0 Å². The molecule has 1 aliphatic heterocycles. The highest BCUT2D eigenvalue weighted by atomic mass is 35.5. The van der Waals surface area contributed by atoms with Gasteiger partial charge in [0.05, 0.1) is 18.1 Å². The molecule has 4 aliphatic carbocycles. The summed E-state index contributed by atoms with van der Waals surface area (Å²) in [7, 11) is 0. The molecule has 2 amide bonds. The maximum atomic E-state index is 12.7. The second-order valence-electron chi connectivity index (χ2n) is 6.94. The zero-order valence-corrected chi connectivity index (χ0v) is 13.1. The Balaban J connectivity index is 1.44. The van der Waals surface area contributed by atoms with E-state index in [1.54, 1.807) is 18.3 Å². The van der Waals surface area contributed by atoms with Crippen molar-refractivity contribution in [3.05, 3.63) is 47.0 Å². The van der Waals surface area contributed by atoms with Crippen LogP contribution >= 0.6 is 11.6 Å². The summed E-state index contributed by atoms with van der Waals surface area (Å²) in [5.74, 6) is 1.06. The van der Waals surface area contributed by atoms with E-state index in [-0.39, 0.29) is 35.5 Å². The first-order chi connectivity index (χ1) is 11.1. The predicted octanol–water partition coefficient (Wildman–Crippen LogP) is 2.73. The lowest BCUT2D eigenvalue weighted by Gasteiger charge is -2.37. The minimum Gasteiger partial charge on any atom is -0.272 e. The Hall–Kier alpha value is -1.94. The zero-order chi connectivity index (χ0) is 15.7. The molecule has 5 aliphatic rings. The molecule has 0 N–H and O–H groups in total. The molecular weight excluding hydrogens is 312 g/mol. The summed E-state index contributed by atoms with van der Waals surface area (Å²) >= 11 is 5.85. The minimum atomic E-state index is -0.191. The topological polar surface area (TPSA) is 49.7 Å². The van der Waals surface area contributed by atoms with E-state index in [1.807, 2.05) is 12.1 Å². The molecule has 2 saturated carbocycles. The van der Waals surface area contributed by atoms with E-state index in [0.29, 0.717) is 16.9 Å². The van der Waals surface area contributed by atoms with Gasteiger partial charge in [-0.3, -0.25) is 9.59 Å². The Labute approximate surface area is 138 Å². The zero-order valence-electron chi connectivity index (χ0n) is 12.3. The van der Waals surface area contributed by atoms with Crippen molar-refractivity contribution < 1.29 is 9.59 Å². The van der Waals surface area contributed by atoms with E-state index in [2.05, 4.69) is 17.3 Å². The number of carbonyl (C=O) groups is 2. The van der Waals surface area contributed by atoms with Crippen LogP contribution < -0.4 is 0 Å². The summed E-state index contributed by atoms with van der Waals surface area (Å²) in [5.41, 5.74) is 0.814. The fourth-order valence-corrected chi connectivity index (χ4v) is 4.85. The molecule has 2 bridgehead atoms. The Bertz CT molecular complexity index is 734. The van der Waals surface area contributed by atoms with Gasteiger partial charge in [-0.1, -0.05) is 35.9 Å². The summed E-state index contributed by atoms with van der Waals surface area (Å²) < 4.78 is 0. The number of halogens is 1. The quantitative estimate of drug-likeness (QED) is 0.476. The highest BCUT2D eigenvalue weighted by molar-refractivity contribution is 6.30. The lowest BCUT2D eigenvalue weighted by Crippen LogP contribution is -2.40. The van der Waals surface area contributed by atoms with Crippen LogP contribution in [0.3, 0.4) is 0 Å². The molecule has 3 fully saturated rings. The van der Waals surface area contributed by atoms with Gasteiger partial charge < -0.3 is 0 Å². The first-order valence-electron chi connectivity index (χ1n) is 8.01. The van der Waals surface area contributed by atoms with Crippen molar-refractivity contribution in [1.29, 1.82) is 0 Å². The number of benzene rings is 1. The molecular formula is C18H15ClN2O2. The normalized spacial score (nSPS) is 40.0. The maximum absolute atomic E-state index is 12.7. The summed E-state index contributed by atoms with van der Waals surface area (Å²) in [4.78, 5) is 25.4. The predicted molar refractivity (Wildman–Crippen MR) is 85.6 cm³/mol. The van der Waals surface area contributed by atoms with Crippen molar-refractivity contribution in [3.63, 3.8) is 0 Å². The number of rotatable bonds is 2. The second kappa shape index (κ2) is 4.54. The van der Waals surface area contributed by atoms with E-state index >= 15 is 0 Å². The molecule has 6 unspecified atom stereocenters. The van der Waals surface area contributed by atoms with Crippen molar-refractivity contribution in [2.45, 2.75) is 6.42 Å². The lowest BCUT2D eigenvalue weighted by molar-refractivity contribution is -0.140. The maximum Gasteiger partial charge on any atom is 0.254 e.